The number of methoxy groups -OCH3 is 1. The molecule has 1 aliphatic carbocycles. The van der Waals surface area contributed by atoms with Gasteiger partial charge in [-0.05, 0) is 56.1 Å². The summed E-state index contributed by atoms with van der Waals surface area (Å²) in [5, 5.41) is 10.7. The molecule has 2 rings (SSSR count). The Morgan fingerprint density at radius 1 is 1.16 bits per heavy atom. The number of unbranched alkanes of at least 4 members (excludes halogenated alkanes) is 3. The minimum Gasteiger partial charge on any atom is -0.469 e. The van der Waals surface area contributed by atoms with Crippen molar-refractivity contribution >= 4 is 22.5 Å². The number of ether oxygens (including phenoxy) is 1. The fourth-order valence-corrected chi connectivity index (χ4v) is 5.78. The molecule has 0 amide bonds. The van der Waals surface area contributed by atoms with E-state index in [-0.39, 0.29) is 17.3 Å². The van der Waals surface area contributed by atoms with Crippen molar-refractivity contribution in [2.45, 2.75) is 75.6 Å². The molecule has 1 N–H and O–H groups in total. The molecule has 0 heterocycles. The molecule has 0 spiro atoms. The highest BCUT2D eigenvalue weighted by Gasteiger charge is 2.34. The molecule has 1 aliphatic rings. The van der Waals surface area contributed by atoms with E-state index in [1.807, 2.05) is 18.2 Å². The number of rotatable bonds is 14. The van der Waals surface area contributed by atoms with Crippen LogP contribution in [-0.2, 0) is 20.3 Å². The molecule has 0 saturated heterocycles. The molecule has 4 unspecified atom stereocenters. The smallest absolute Gasteiger partial charge is 0.305 e. The number of hydrogen-bond donors (Lipinski definition) is 1. The number of para-hydroxylation sites is 1. The van der Waals surface area contributed by atoms with Gasteiger partial charge in [0.15, 0.2) is 0 Å². The van der Waals surface area contributed by atoms with Gasteiger partial charge in [0.2, 0.25) is 0 Å². The zero-order valence-electron chi connectivity index (χ0n) is 19.5. The van der Waals surface area contributed by atoms with Crippen LogP contribution >= 0.6 is 0 Å². The maximum atomic E-state index is 12.4. The average molecular weight is 452 g/mol. The number of anilines is 1. The van der Waals surface area contributed by atoms with Crippen LogP contribution in [0.5, 0.6) is 0 Å². The normalized spacial score (nSPS) is 22.8. The molecule has 1 fully saturated rings. The van der Waals surface area contributed by atoms with E-state index in [9.17, 15) is 14.1 Å². The molecule has 1 aromatic rings. The Kier molecular flexibility index (Phi) is 11.6. The van der Waals surface area contributed by atoms with Gasteiger partial charge in [-0.3, -0.25) is 9.00 Å². The van der Waals surface area contributed by atoms with Crippen molar-refractivity contribution in [3.05, 3.63) is 30.3 Å². The summed E-state index contributed by atoms with van der Waals surface area (Å²) in [6.07, 6.45) is 11.3. The van der Waals surface area contributed by atoms with Gasteiger partial charge in [-0.25, -0.2) is 0 Å². The van der Waals surface area contributed by atoms with Gasteiger partial charge >= 0.3 is 5.97 Å². The number of carbonyl (C=O) groups is 1. The molecule has 0 bridgehead atoms. The van der Waals surface area contributed by atoms with Crippen LogP contribution in [0.25, 0.3) is 0 Å². The molecule has 0 aromatic heterocycles. The Morgan fingerprint density at radius 2 is 1.87 bits per heavy atom. The molecule has 1 saturated carbocycles. The zero-order valence-corrected chi connectivity index (χ0v) is 20.3. The fraction of sp³-hybridized carbons (Fsp3) is 0.720. The summed E-state index contributed by atoms with van der Waals surface area (Å²) in [5.41, 5.74) is 1.14. The van der Waals surface area contributed by atoms with E-state index in [1.165, 1.54) is 7.11 Å². The van der Waals surface area contributed by atoms with Gasteiger partial charge in [0.1, 0.15) is 0 Å². The largest absolute Gasteiger partial charge is 0.469 e. The molecule has 0 aliphatic heterocycles. The van der Waals surface area contributed by atoms with Crippen LogP contribution < -0.4 is 4.90 Å². The molecule has 1 aromatic carbocycles. The molecule has 31 heavy (non-hydrogen) atoms. The first-order chi connectivity index (χ1) is 14.9. The van der Waals surface area contributed by atoms with Gasteiger partial charge in [-0.2, -0.15) is 0 Å². The van der Waals surface area contributed by atoms with Crippen LogP contribution in [0.4, 0.5) is 5.69 Å². The first kappa shape index (κ1) is 25.9. The number of nitrogens with zero attached hydrogens (tertiary/aromatic N) is 1. The summed E-state index contributed by atoms with van der Waals surface area (Å²) in [7, 11) is 2.60. The third-order valence-corrected chi connectivity index (χ3v) is 8.16. The topological polar surface area (TPSA) is 66.8 Å². The van der Waals surface area contributed by atoms with Gasteiger partial charge in [-0.1, -0.05) is 43.9 Å². The van der Waals surface area contributed by atoms with Crippen molar-refractivity contribution in [3.63, 3.8) is 0 Å². The molecule has 5 nitrogen and oxygen atoms in total. The van der Waals surface area contributed by atoms with Gasteiger partial charge in [0, 0.05) is 42.8 Å². The fourth-order valence-electron chi connectivity index (χ4n) is 4.88. The number of carbonyl (C=O) groups excluding carboxylic acids is 1. The van der Waals surface area contributed by atoms with Crippen molar-refractivity contribution in [2.75, 3.05) is 31.9 Å². The van der Waals surface area contributed by atoms with E-state index in [0.29, 0.717) is 18.3 Å². The monoisotopic (exact) mass is 451 g/mol. The van der Waals surface area contributed by atoms with Crippen LogP contribution in [0.1, 0.15) is 64.2 Å². The van der Waals surface area contributed by atoms with E-state index in [2.05, 4.69) is 28.8 Å². The summed E-state index contributed by atoms with van der Waals surface area (Å²) in [6, 6.07) is 10.2. The van der Waals surface area contributed by atoms with Gasteiger partial charge in [-0.15, -0.1) is 0 Å². The first-order valence-electron chi connectivity index (χ1n) is 11.8. The predicted octanol–water partition coefficient (Wildman–Crippen LogP) is 4.55. The lowest BCUT2D eigenvalue weighted by molar-refractivity contribution is -0.140. The SMILES string of the molecule is COC(=O)CCCCCCC1CC[C@@H](O)C1CCC(CN(C)c1ccccc1)S(C)=O. The zero-order chi connectivity index (χ0) is 22.6. The lowest BCUT2D eigenvalue weighted by Crippen LogP contribution is -2.33. The van der Waals surface area contributed by atoms with Crippen molar-refractivity contribution in [2.24, 2.45) is 11.8 Å². The summed E-state index contributed by atoms with van der Waals surface area (Å²) in [5.74, 6) is 0.760. The number of aliphatic hydroxyl groups is 1. The average Bonchev–Trinajstić information content (AvgIpc) is 3.12. The van der Waals surface area contributed by atoms with E-state index >= 15 is 0 Å². The highest BCUT2D eigenvalue weighted by atomic mass is 32.2. The Labute approximate surface area is 191 Å². The van der Waals surface area contributed by atoms with Crippen molar-refractivity contribution in [3.8, 4) is 0 Å². The summed E-state index contributed by atoms with van der Waals surface area (Å²) in [4.78, 5) is 13.4. The van der Waals surface area contributed by atoms with Crippen LogP contribution in [0.2, 0.25) is 0 Å². The second-order valence-corrected chi connectivity index (χ2v) is 10.7. The van der Waals surface area contributed by atoms with Crippen LogP contribution in [0.15, 0.2) is 30.3 Å². The third-order valence-electron chi connectivity index (χ3n) is 6.83. The number of hydrogen-bond acceptors (Lipinski definition) is 5. The molecule has 176 valence electrons. The van der Waals surface area contributed by atoms with Crippen molar-refractivity contribution in [1.82, 2.24) is 0 Å². The second-order valence-electron chi connectivity index (χ2n) is 9.01. The lowest BCUT2D eigenvalue weighted by Gasteiger charge is -2.27. The standard InChI is InChI=1S/C25H41NO4S/c1-26(21-12-8-6-9-13-21)19-22(31(3)29)16-17-23-20(15-18-24(23)27)11-7-4-5-10-14-25(28)30-2/h6,8-9,12-13,20,22-24,27H,4-5,7,10-11,14-19H2,1-3H3/t20?,22?,23?,24-,31?/m1/s1. The Bertz CT molecular complexity index is 669. The summed E-state index contributed by atoms with van der Waals surface area (Å²) >= 11 is 0. The molecule has 6 heteroatoms. The first-order valence-corrected chi connectivity index (χ1v) is 13.4. The van der Waals surface area contributed by atoms with E-state index in [0.717, 1.165) is 70.0 Å². The summed E-state index contributed by atoms with van der Waals surface area (Å²) in [6.45, 7) is 0.765. The highest BCUT2D eigenvalue weighted by molar-refractivity contribution is 7.84. The van der Waals surface area contributed by atoms with Crippen LogP contribution in [-0.4, -0.2) is 53.6 Å². The molecule has 0 radical (unpaired) electrons. The molecular weight excluding hydrogens is 410 g/mol. The van der Waals surface area contributed by atoms with Gasteiger partial charge in [0.25, 0.3) is 0 Å². The van der Waals surface area contributed by atoms with Crippen molar-refractivity contribution < 1.29 is 18.8 Å². The van der Waals surface area contributed by atoms with E-state index in [1.54, 1.807) is 6.26 Å². The predicted molar refractivity (Wildman–Crippen MR) is 129 cm³/mol. The second kappa shape index (κ2) is 13.9. The Morgan fingerprint density at radius 3 is 2.55 bits per heavy atom. The maximum absolute atomic E-state index is 12.4. The Hall–Kier alpha value is -1.40. The number of benzene rings is 1. The molecule has 5 atom stereocenters. The minimum atomic E-state index is -0.895. The molecular formula is C25H41NO4S. The van der Waals surface area contributed by atoms with Crippen molar-refractivity contribution in [1.29, 1.82) is 0 Å². The number of aliphatic hydroxyl groups excluding tert-OH is 1. The number of esters is 1. The van der Waals surface area contributed by atoms with E-state index < -0.39 is 10.8 Å². The van der Waals surface area contributed by atoms with Crippen LogP contribution in [0, 0.1) is 11.8 Å². The third kappa shape index (κ3) is 8.93. The van der Waals surface area contributed by atoms with Crippen LogP contribution in [0.3, 0.4) is 0 Å². The minimum absolute atomic E-state index is 0.108. The lowest BCUT2D eigenvalue weighted by atomic mass is 9.86. The quantitative estimate of drug-likeness (QED) is 0.332. The highest BCUT2D eigenvalue weighted by Crippen LogP contribution is 2.39. The van der Waals surface area contributed by atoms with Gasteiger partial charge in [0.05, 0.1) is 18.5 Å². The maximum Gasteiger partial charge on any atom is 0.305 e. The van der Waals surface area contributed by atoms with E-state index in [4.69, 9.17) is 0 Å². The summed E-state index contributed by atoms with van der Waals surface area (Å²) < 4.78 is 17.1. The Balaban J connectivity index is 1.77. The van der Waals surface area contributed by atoms with Gasteiger partial charge < -0.3 is 14.7 Å².